The van der Waals surface area contributed by atoms with Crippen molar-refractivity contribution >= 4 is 36.7 Å². The van der Waals surface area contributed by atoms with Crippen molar-refractivity contribution in [3.63, 3.8) is 0 Å². The maximum absolute atomic E-state index is 6.56. The highest BCUT2D eigenvalue weighted by molar-refractivity contribution is 6.84. The number of hydrogen-bond acceptors (Lipinski definition) is 3. The minimum absolute atomic E-state index is 0.0196. The number of aryl methyl sites for hydroxylation is 1. The highest BCUT2D eigenvalue weighted by Crippen LogP contribution is 2.54. The summed E-state index contributed by atoms with van der Waals surface area (Å²) < 4.78 is 9.11. The van der Waals surface area contributed by atoms with Crippen LogP contribution in [0.5, 0.6) is 0 Å². The van der Waals surface area contributed by atoms with Crippen LogP contribution < -0.4 is 9.88 Å². The van der Waals surface area contributed by atoms with E-state index in [9.17, 15) is 0 Å². The van der Waals surface area contributed by atoms with Gasteiger partial charge in [0, 0.05) is 29.3 Å². The average Bonchev–Trinajstić information content (AvgIpc) is 3.77. The molecule has 9 rings (SSSR count). The summed E-state index contributed by atoms with van der Waals surface area (Å²) >= 11 is 0. The molecule has 3 aliphatic carbocycles. The summed E-state index contributed by atoms with van der Waals surface area (Å²) in [6, 6.07) is 10.3. The second kappa shape index (κ2) is 12.3. The van der Waals surface area contributed by atoms with Crippen molar-refractivity contribution in [2.45, 2.75) is 117 Å². The van der Waals surface area contributed by atoms with Crippen molar-refractivity contribution in [2.24, 2.45) is 5.92 Å². The highest BCUT2D eigenvalue weighted by atomic mass is 28.3. The van der Waals surface area contributed by atoms with Crippen molar-refractivity contribution in [1.82, 2.24) is 4.90 Å². The number of hydrogen-bond donors (Lipinski definition) is 1. The van der Waals surface area contributed by atoms with E-state index in [0.717, 1.165) is 49.1 Å². The average molecular weight is 719 g/mol. The zero-order valence-electron chi connectivity index (χ0n) is 33.2. The molecule has 0 amide bonds. The molecular weight excluding hydrogens is 663 g/mol. The number of nitrogens with zero attached hydrogens (tertiary/aromatic N) is 2. The molecule has 0 saturated carbocycles. The van der Waals surface area contributed by atoms with Crippen LogP contribution in [-0.2, 0) is 5.41 Å². The first-order valence-corrected chi connectivity index (χ1v) is 23.6. The monoisotopic (exact) mass is 718 g/mol. The van der Waals surface area contributed by atoms with Crippen LogP contribution in [0.15, 0.2) is 117 Å². The quantitative estimate of drug-likeness (QED) is 0.203. The third kappa shape index (κ3) is 5.82. The summed E-state index contributed by atoms with van der Waals surface area (Å²) in [7, 11) is -1.59. The molecule has 6 aliphatic rings. The first-order valence-electron chi connectivity index (χ1n) is 20.1. The lowest BCUT2D eigenvalue weighted by Gasteiger charge is -2.42. The van der Waals surface area contributed by atoms with Gasteiger partial charge in [-0.3, -0.25) is 0 Å². The van der Waals surface area contributed by atoms with Gasteiger partial charge < -0.3 is 14.6 Å². The number of fused-ring (bicyclic) bond motifs is 8. The van der Waals surface area contributed by atoms with Crippen molar-refractivity contribution in [1.29, 1.82) is 0 Å². The van der Waals surface area contributed by atoms with Crippen LogP contribution in [-0.4, -0.2) is 31.1 Å². The van der Waals surface area contributed by atoms with E-state index >= 15 is 0 Å². The number of anilines is 1. The van der Waals surface area contributed by atoms with E-state index in [1.54, 1.807) is 16.3 Å². The van der Waals surface area contributed by atoms with Crippen LogP contribution >= 0.6 is 0 Å². The Labute approximate surface area is 317 Å². The number of aromatic nitrogens is 1. The topological polar surface area (TPSA) is 32.3 Å². The largest absolute Gasteiger partial charge is 0.440 e. The Morgan fingerprint density at radius 1 is 1.04 bits per heavy atom. The predicted octanol–water partition coefficient (Wildman–Crippen LogP) is 11.7. The van der Waals surface area contributed by atoms with Crippen LogP contribution in [0.1, 0.15) is 83.4 Å². The number of rotatable bonds is 6. The van der Waals surface area contributed by atoms with E-state index in [0.29, 0.717) is 12.0 Å². The smallest absolute Gasteiger partial charge is 0.221 e. The van der Waals surface area contributed by atoms with Gasteiger partial charge in [-0.05, 0) is 101 Å². The summed E-state index contributed by atoms with van der Waals surface area (Å²) in [5, 5.41) is 6.52. The Kier molecular flexibility index (Phi) is 8.02. The predicted molar refractivity (Wildman–Crippen MR) is 225 cm³/mol. The van der Waals surface area contributed by atoms with E-state index in [4.69, 9.17) is 4.42 Å². The lowest BCUT2D eigenvalue weighted by atomic mass is 9.83. The fourth-order valence-corrected chi connectivity index (χ4v) is 11.1. The molecule has 0 spiro atoms. The fraction of sp³-hybridized carbons (Fsp3) is 0.396. The van der Waals surface area contributed by atoms with Gasteiger partial charge in [0.1, 0.15) is 11.6 Å². The molecule has 272 valence electrons. The molecule has 3 unspecified atom stereocenters. The SMILES string of the molecule is Cc1cc2oc3c(c2cc1-c1cc(C(C)(C)C)cc[n+]1C1=C2C4=C(CCC=C4)C4C=C(CC(C)C)C([Si](C)(C)C)=CN4C21)C=CC(C1=CC=CCC1)N3. The molecule has 5 heterocycles. The van der Waals surface area contributed by atoms with E-state index in [1.807, 2.05) is 0 Å². The van der Waals surface area contributed by atoms with Crippen molar-refractivity contribution < 1.29 is 8.98 Å². The summed E-state index contributed by atoms with van der Waals surface area (Å²) in [6.45, 7) is 21.5. The highest BCUT2D eigenvalue weighted by Gasteiger charge is 2.57. The Bertz CT molecular complexity index is 2320. The number of pyridine rings is 1. The van der Waals surface area contributed by atoms with Gasteiger partial charge in [-0.2, -0.15) is 4.57 Å². The van der Waals surface area contributed by atoms with Crippen LogP contribution in [0.4, 0.5) is 5.88 Å². The molecule has 53 heavy (non-hydrogen) atoms. The van der Waals surface area contributed by atoms with Crippen LogP contribution in [0, 0.1) is 12.8 Å². The molecule has 0 bridgehead atoms. The first-order chi connectivity index (χ1) is 25.3. The first kappa shape index (κ1) is 34.4. The molecular formula is C48H56N3OSi+. The molecule has 2 aromatic heterocycles. The van der Waals surface area contributed by atoms with Crippen LogP contribution in [0.3, 0.4) is 0 Å². The van der Waals surface area contributed by atoms with Gasteiger partial charge >= 0.3 is 0 Å². The molecule has 3 aromatic rings. The Morgan fingerprint density at radius 3 is 2.58 bits per heavy atom. The molecule has 1 aromatic carbocycles. The van der Waals surface area contributed by atoms with Gasteiger partial charge in [-0.1, -0.05) is 103 Å². The van der Waals surface area contributed by atoms with Crippen LogP contribution in [0.2, 0.25) is 19.6 Å². The molecule has 1 N–H and O–H groups in total. The van der Waals surface area contributed by atoms with Gasteiger partial charge in [0.2, 0.25) is 17.3 Å². The lowest BCUT2D eigenvalue weighted by molar-refractivity contribution is -0.567. The van der Waals surface area contributed by atoms with E-state index < -0.39 is 8.07 Å². The minimum atomic E-state index is -1.59. The normalized spacial score (nSPS) is 23.4. The van der Waals surface area contributed by atoms with Gasteiger partial charge in [0.25, 0.3) is 0 Å². The van der Waals surface area contributed by atoms with E-state index in [-0.39, 0.29) is 17.5 Å². The molecule has 0 radical (unpaired) electrons. The minimum Gasteiger partial charge on any atom is -0.440 e. The molecule has 4 nitrogen and oxygen atoms in total. The fourth-order valence-electron chi connectivity index (χ4n) is 9.45. The summed E-state index contributed by atoms with van der Waals surface area (Å²) in [6.07, 6.45) is 29.4. The molecule has 5 heteroatoms. The maximum atomic E-state index is 6.56. The lowest BCUT2D eigenvalue weighted by Crippen LogP contribution is -2.45. The second-order valence-corrected chi connectivity index (χ2v) is 23.7. The van der Waals surface area contributed by atoms with Crippen molar-refractivity contribution in [2.75, 3.05) is 5.32 Å². The van der Waals surface area contributed by atoms with Gasteiger partial charge in [0.15, 0.2) is 6.20 Å². The standard InChI is InChI=1S/C48H56N3OSi/c1-29(2)23-32-25-40-34-17-13-14-18-35(34)44-45(46(44)51(40)28-43(32)53(7,8)9)50-22-21-33(48(4,5)6)26-41(50)37-27-38-36-19-20-39(31-15-11-10-12-16-31)49-47(36)52-42(38)24-30(37)3/h10-11,14-15,18-22,24-29,39-40,46,49H,12-13,16-17,23H2,1-9H3/q+1. The summed E-state index contributed by atoms with van der Waals surface area (Å²) in [5.41, 5.74) is 16.3. The number of allylic oxidation sites excluding steroid dienone is 7. The number of benzene rings is 1. The Hall–Kier alpha value is -4.35. The molecule has 0 fully saturated rings. The third-order valence-corrected chi connectivity index (χ3v) is 14.3. The molecule has 3 atom stereocenters. The van der Waals surface area contributed by atoms with Gasteiger partial charge in [-0.25, -0.2) is 0 Å². The summed E-state index contributed by atoms with van der Waals surface area (Å²) in [4.78, 5) is 2.75. The number of nitrogens with one attached hydrogen (secondary N) is 1. The van der Waals surface area contributed by atoms with E-state index in [2.05, 4.69) is 161 Å². The zero-order valence-corrected chi connectivity index (χ0v) is 34.2. The molecule has 0 saturated heterocycles. The summed E-state index contributed by atoms with van der Waals surface area (Å²) in [5.74, 6) is 1.52. The second-order valence-electron chi connectivity index (χ2n) is 18.7. The Balaban J connectivity index is 1.18. The third-order valence-electron chi connectivity index (χ3n) is 12.2. The maximum Gasteiger partial charge on any atom is 0.221 e. The number of furan rings is 1. The zero-order chi connectivity index (χ0) is 37.0. The van der Waals surface area contributed by atoms with Gasteiger partial charge in [-0.15, -0.1) is 0 Å². The Morgan fingerprint density at radius 2 is 1.85 bits per heavy atom. The van der Waals surface area contributed by atoms with Crippen LogP contribution in [0.25, 0.3) is 34.0 Å². The van der Waals surface area contributed by atoms with Crippen molar-refractivity contribution in [3.8, 4) is 11.3 Å². The van der Waals surface area contributed by atoms with E-state index in [1.165, 1.54) is 50.2 Å². The van der Waals surface area contributed by atoms with Gasteiger partial charge in [0.05, 0.1) is 31.3 Å². The molecule has 3 aliphatic heterocycles. The van der Waals surface area contributed by atoms with Crippen molar-refractivity contribution in [3.05, 3.63) is 129 Å².